The van der Waals surface area contributed by atoms with E-state index in [0.717, 1.165) is 18.5 Å². The number of allylic oxidation sites excluding steroid dienone is 1. The van der Waals surface area contributed by atoms with Crippen molar-refractivity contribution in [3.8, 4) is 11.5 Å². The van der Waals surface area contributed by atoms with Crippen LogP contribution < -0.4 is 25.5 Å². The SMILES string of the molecule is CCOC(=O)C1=C(C)NC(=S)N[C@H]1c1ccccc1OCC(=O)NN=Cc1cc(I)c(OC)c(I)c1. The summed E-state index contributed by atoms with van der Waals surface area (Å²) in [5, 5.41) is 10.4. The number of carbonyl (C=O) groups is 2. The van der Waals surface area contributed by atoms with E-state index in [2.05, 4.69) is 66.3 Å². The van der Waals surface area contributed by atoms with E-state index < -0.39 is 17.9 Å². The number of methoxy groups -OCH3 is 1. The quantitative estimate of drug-likeness (QED) is 0.118. The Kier molecular flexibility index (Phi) is 10.3. The van der Waals surface area contributed by atoms with Crippen LogP contribution in [-0.4, -0.2) is 43.5 Å². The standard InChI is InChI=1S/C24H24I2N4O5S/c1-4-34-23(32)20-13(2)28-24(36)29-21(20)15-7-5-6-8-18(15)35-12-19(31)30-27-11-14-9-16(25)22(33-3)17(26)10-14/h5-11,21H,4,12H2,1-3H3,(H,30,31)(H2,28,29,36)/t21-/m0/s1. The number of hydrazone groups is 1. The zero-order valence-corrected chi connectivity index (χ0v) is 24.8. The molecule has 0 spiro atoms. The third kappa shape index (κ3) is 7.06. The molecule has 0 fully saturated rings. The van der Waals surface area contributed by atoms with E-state index in [1.54, 1.807) is 45.4 Å². The van der Waals surface area contributed by atoms with E-state index in [-0.39, 0.29) is 13.2 Å². The molecule has 0 aromatic heterocycles. The Hall–Kier alpha value is -2.46. The molecular weight excluding hydrogens is 710 g/mol. The number of nitrogens with zero attached hydrogens (tertiary/aromatic N) is 1. The van der Waals surface area contributed by atoms with Crippen LogP contribution >= 0.6 is 57.4 Å². The second-order valence-electron chi connectivity index (χ2n) is 7.43. The highest BCUT2D eigenvalue weighted by molar-refractivity contribution is 14.1. The second-order valence-corrected chi connectivity index (χ2v) is 10.2. The maximum atomic E-state index is 12.7. The number of rotatable bonds is 9. The van der Waals surface area contributed by atoms with Crippen molar-refractivity contribution in [3.05, 3.63) is 65.9 Å². The van der Waals surface area contributed by atoms with Crippen LogP contribution in [0.1, 0.15) is 31.0 Å². The Morgan fingerprint density at radius 3 is 2.58 bits per heavy atom. The predicted octanol–water partition coefficient (Wildman–Crippen LogP) is 3.79. The molecule has 1 heterocycles. The van der Waals surface area contributed by atoms with Crippen LogP contribution in [0.2, 0.25) is 0 Å². The molecule has 3 rings (SSSR count). The van der Waals surface area contributed by atoms with Crippen molar-refractivity contribution in [1.82, 2.24) is 16.1 Å². The number of hydrogen-bond acceptors (Lipinski definition) is 7. The van der Waals surface area contributed by atoms with E-state index >= 15 is 0 Å². The first kappa shape index (κ1) is 28.1. The van der Waals surface area contributed by atoms with Gasteiger partial charge >= 0.3 is 5.97 Å². The number of nitrogens with one attached hydrogen (secondary N) is 3. The van der Waals surface area contributed by atoms with Gasteiger partial charge in [-0.3, -0.25) is 4.79 Å². The van der Waals surface area contributed by atoms with Gasteiger partial charge in [-0.15, -0.1) is 0 Å². The van der Waals surface area contributed by atoms with Crippen LogP contribution in [-0.2, 0) is 14.3 Å². The van der Waals surface area contributed by atoms with Crippen LogP contribution in [0, 0.1) is 7.14 Å². The Morgan fingerprint density at radius 1 is 1.22 bits per heavy atom. The molecule has 2 aromatic rings. The molecule has 0 bridgehead atoms. The lowest BCUT2D eigenvalue weighted by Crippen LogP contribution is -2.45. The Bertz CT molecular complexity index is 1210. The van der Waals surface area contributed by atoms with Crippen LogP contribution in [0.25, 0.3) is 0 Å². The molecule has 1 atom stereocenters. The van der Waals surface area contributed by atoms with Gasteiger partial charge in [0.1, 0.15) is 11.5 Å². The Labute approximate surface area is 241 Å². The topological polar surface area (TPSA) is 110 Å². The summed E-state index contributed by atoms with van der Waals surface area (Å²) in [4.78, 5) is 25.0. The van der Waals surface area contributed by atoms with Crippen molar-refractivity contribution < 1.29 is 23.8 Å². The maximum Gasteiger partial charge on any atom is 0.338 e. The fourth-order valence-corrected chi connectivity index (χ4v) is 5.99. The normalized spacial score (nSPS) is 15.2. The molecule has 0 unspecified atom stereocenters. The van der Waals surface area contributed by atoms with Gasteiger partial charge in [0.2, 0.25) is 0 Å². The van der Waals surface area contributed by atoms with E-state index in [9.17, 15) is 9.59 Å². The summed E-state index contributed by atoms with van der Waals surface area (Å²) >= 11 is 9.66. The minimum Gasteiger partial charge on any atom is -0.495 e. The lowest BCUT2D eigenvalue weighted by molar-refractivity contribution is -0.139. The summed E-state index contributed by atoms with van der Waals surface area (Å²) in [6.45, 7) is 3.46. The molecule has 1 aliphatic rings. The minimum absolute atomic E-state index is 0.237. The van der Waals surface area contributed by atoms with Crippen molar-refractivity contribution in [3.63, 3.8) is 0 Å². The van der Waals surface area contributed by atoms with E-state index in [0.29, 0.717) is 27.7 Å². The molecule has 9 nitrogen and oxygen atoms in total. The average molecular weight is 734 g/mol. The van der Waals surface area contributed by atoms with Crippen molar-refractivity contribution in [1.29, 1.82) is 0 Å². The fraction of sp³-hybridized carbons (Fsp3) is 0.250. The van der Waals surface area contributed by atoms with E-state index in [1.807, 2.05) is 18.2 Å². The molecular formula is C24H24I2N4O5S. The van der Waals surface area contributed by atoms with Crippen molar-refractivity contribution in [2.24, 2.45) is 5.10 Å². The monoisotopic (exact) mass is 734 g/mol. The Balaban J connectivity index is 1.70. The number of esters is 1. The van der Waals surface area contributed by atoms with Gasteiger partial charge < -0.3 is 24.8 Å². The molecule has 0 saturated heterocycles. The summed E-state index contributed by atoms with van der Waals surface area (Å²) in [5.74, 6) is 0.314. The number of para-hydroxylation sites is 1. The zero-order chi connectivity index (χ0) is 26.2. The fourth-order valence-electron chi connectivity index (χ4n) is 3.46. The number of carbonyl (C=O) groups excluding carboxylic acids is 2. The predicted molar refractivity (Wildman–Crippen MR) is 157 cm³/mol. The molecule has 3 N–H and O–H groups in total. The highest BCUT2D eigenvalue weighted by Crippen LogP contribution is 2.33. The summed E-state index contributed by atoms with van der Waals surface area (Å²) in [5.41, 5.74) is 4.90. The highest BCUT2D eigenvalue weighted by Gasteiger charge is 2.32. The summed E-state index contributed by atoms with van der Waals surface area (Å²) in [7, 11) is 1.62. The lowest BCUT2D eigenvalue weighted by atomic mass is 9.95. The molecule has 0 saturated carbocycles. The van der Waals surface area contributed by atoms with Gasteiger partial charge in [0.15, 0.2) is 11.7 Å². The number of amides is 1. The van der Waals surface area contributed by atoms with Gasteiger partial charge in [0.25, 0.3) is 5.91 Å². The summed E-state index contributed by atoms with van der Waals surface area (Å²) in [6, 6.07) is 10.3. The largest absolute Gasteiger partial charge is 0.495 e. The number of benzene rings is 2. The Morgan fingerprint density at radius 2 is 1.92 bits per heavy atom. The first-order valence-corrected chi connectivity index (χ1v) is 13.3. The van der Waals surface area contributed by atoms with Crippen LogP contribution in [0.3, 0.4) is 0 Å². The molecule has 190 valence electrons. The highest BCUT2D eigenvalue weighted by atomic mass is 127. The first-order valence-electron chi connectivity index (χ1n) is 10.8. The summed E-state index contributed by atoms with van der Waals surface area (Å²) < 4.78 is 18.3. The molecule has 1 aliphatic heterocycles. The van der Waals surface area contributed by atoms with E-state index in [1.165, 1.54) is 0 Å². The maximum absolute atomic E-state index is 12.7. The van der Waals surface area contributed by atoms with E-state index in [4.69, 9.17) is 26.4 Å². The third-order valence-electron chi connectivity index (χ3n) is 4.98. The molecule has 2 aromatic carbocycles. The molecule has 12 heteroatoms. The van der Waals surface area contributed by atoms with Gasteiger partial charge in [-0.2, -0.15) is 5.10 Å². The van der Waals surface area contributed by atoms with Gasteiger partial charge in [-0.1, -0.05) is 18.2 Å². The molecule has 1 amide bonds. The molecule has 0 radical (unpaired) electrons. The zero-order valence-electron chi connectivity index (χ0n) is 19.7. The van der Waals surface area contributed by atoms with Gasteiger partial charge in [-0.25, -0.2) is 10.2 Å². The molecule has 36 heavy (non-hydrogen) atoms. The average Bonchev–Trinajstić information content (AvgIpc) is 2.82. The van der Waals surface area contributed by atoms with Crippen LogP contribution in [0.15, 0.2) is 52.8 Å². The van der Waals surface area contributed by atoms with Crippen molar-refractivity contribution >= 4 is 80.6 Å². The first-order chi connectivity index (χ1) is 17.2. The van der Waals surface area contributed by atoms with Crippen LogP contribution in [0.4, 0.5) is 0 Å². The lowest BCUT2D eigenvalue weighted by Gasteiger charge is -2.30. The number of thiocarbonyl (C=S) groups is 1. The smallest absolute Gasteiger partial charge is 0.338 e. The molecule has 0 aliphatic carbocycles. The third-order valence-corrected chi connectivity index (χ3v) is 6.80. The minimum atomic E-state index is -0.602. The van der Waals surface area contributed by atoms with Crippen LogP contribution in [0.5, 0.6) is 11.5 Å². The second kappa shape index (κ2) is 13.2. The van der Waals surface area contributed by atoms with Crippen molar-refractivity contribution in [2.75, 3.05) is 20.3 Å². The van der Waals surface area contributed by atoms with Gasteiger partial charge in [0.05, 0.1) is 38.7 Å². The summed E-state index contributed by atoms with van der Waals surface area (Å²) in [6.07, 6.45) is 1.55. The van der Waals surface area contributed by atoms with Gasteiger partial charge in [-0.05, 0) is 95.0 Å². The van der Waals surface area contributed by atoms with Crippen molar-refractivity contribution in [2.45, 2.75) is 19.9 Å². The van der Waals surface area contributed by atoms with Gasteiger partial charge in [0, 0.05) is 11.3 Å². The number of hydrogen-bond donors (Lipinski definition) is 3. The number of halogens is 2. The number of ether oxygens (including phenoxy) is 3.